The maximum atomic E-state index is 8.94. The second-order valence-electron chi connectivity index (χ2n) is 5.09. The van der Waals surface area contributed by atoms with Gasteiger partial charge in [-0.3, -0.25) is 0 Å². The monoisotopic (exact) mass is 239 g/mol. The Morgan fingerprint density at radius 2 is 2.28 bits per heavy atom. The first kappa shape index (κ1) is 11.3. The van der Waals surface area contributed by atoms with E-state index in [1.165, 1.54) is 25.1 Å². The lowest BCUT2D eigenvalue weighted by atomic mass is 9.83. The molecule has 0 amide bonds. The van der Waals surface area contributed by atoms with Crippen LogP contribution in [0.15, 0.2) is 18.2 Å². The van der Waals surface area contributed by atoms with Crippen LogP contribution in [0.3, 0.4) is 0 Å². The molecule has 1 saturated carbocycles. The molecule has 1 heterocycles. The Balaban J connectivity index is 2.04. The summed E-state index contributed by atoms with van der Waals surface area (Å²) in [6.45, 7) is 3.11. The molecule has 1 fully saturated rings. The molecule has 0 aliphatic heterocycles. The average Bonchev–Trinajstić information content (AvgIpc) is 2.69. The number of aromatic nitrogens is 2. The fourth-order valence-electron chi connectivity index (χ4n) is 2.71. The van der Waals surface area contributed by atoms with Crippen LogP contribution in [-0.4, -0.2) is 9.55 Å². The molecule has 0 atom stereocenters. The lowest BCUT2D eigenvalue weighted by Gasteiger charge is -2.25. The normalized spacial score (nSPS) is 15.6. The molecule has 18 heavy (non-hydrogen) atoms. The number of hydrogen-bond donors (Lipinski definition) is 0. The van der Waals surface area contributed by atoms with Crippen LogP contribution in [0.2, 0.25) is 0 Å². The summed E-state index contributed by atoms with van der Waals surface area (Å²) in [5, 5.41) is 8.94. The zero-order valence-corrected chi connectivity index (χ0v) is 10.7. The number of nitriles is 1. The summed E-state index contributed by atoms with van der Waals surface area (Å²) in [5.74, 6) is 2.01. The van der Waals surface area contributed by atoms with E-state index in [1.807, 2.05) is 18.2 Å². The smallest absolute Gasteiger partial charge is 0.110 e. The van der Waals surface area contributed by atoms with E-state index in [9.17, 15) is 0 Å². The second kappa shape index (κ2) is 4.45. The molecule has 1 aromatic heterocycles. The Bertz CT molecular complexity index is 614. The first-order chi connectivity index (χ1) is 8.81. The van der Waals surface area contributed by atoms with Crippen molar-refractivity contribution in [1.82, 2.24) is 9.55 Å². The number of imidazole rings is 1. The average molecular weight is 239 g/mol. The number of aryl methyl sites for hydroxylation is 1. The number of fused-ring (bicyclic) bond motifs is 1. The Hall–Kier alpha value is -1.82. The highest BCUT2D eigenvalue weighted by Crippen LogP contribution is 2.30. The van der Waals surface area contributed by atoms with Gasteiger partial charge in [-0.1, -0.05) is 19.3 Å². The fraction of sp³-hybridized carbons (Fsp3) is 0.467. The Morgan fingerprint density at radius 3 is 2.89 bits per heavy atom. The van der Waals surface area contributed by atoms with Crippen molar-refractivity contribution in [1.29, 1.82) is 5.26 Å². The first-order valence-electron chi connectivity index (χ1n) is 6.71. The summed E-state index contributed by atoms with van der Waals surface area (Å²) in [5.41, 5.74) is 2.81. The van der Waals surface area contributed by atoms with Crippen molar-refractivity contribution in [3.05, 3.63) is 29.6 Å². The summed E-state index contributed by atoms with van der Waals surface area (Å²) in [6, 6.07) is 7.98. The number of rotatable bonds is 3. The molecule has 3 nitrogen and oxygen atoms in total. The minimum Gasteiger partial charge on any atom is -0.328 e. The molecule has 2 aromatic rings. The van der Waals surface area contributed by atoms with Gasteiger partial charge >= 0.3 is 0 Å². The van der Waals surface area contributed by atoms with Gasteiger partial charge in [-0.05, 0) is 31.0 Å². The van der Waals surface area contributed by atoms with Gasteiger partial charge < -0.3 is 4.57 Å². The Kier molecular flexibility index (Phi) is 2.79. The largest absolute Gasteiger partial charge is 0.328 e. The minimum atomic E-state index is 0.693. The molecule has 0 unspecified atom stereocenters. The van der Waals surface area contributed by atoms with E-state index in [0.29, 0.717) is 5.56 Å². The maximum absolute atomic E-state index is 8.94. The van der Waals surface area contributed by atoms with Gasteiger partial charge in [0.1, 0.15) is 5.82 Å². The highest BCUT2D eigenvalue weighted by atomic mass is 15.1. The van der Waals surface area contributed by atoms with E-state index in [2.05, 4.69) is 17.6 Å². The summed E-state index contributed by atoms with van der Waals surface area (Å²) in [4.78, 5) is 4.73. The van der Waals surface area contributed by atoms with Crippen LogP contribution in [0.25, 0.3) is 11.0 Å². The van der Waals surface area contributed by atoms with Gasteiger partial charge in [0.25, 0.3) is 0 Å². The topological polar surface area (TPSA) is 41.6 Å². The predicted octanol–water partition coefficient (Wildman–Crippen LogP) is 3.27. The molecule has 1 aromatic carbocycles. The van der Waals surface area contributed by atoms with Crippen molar-refractivity contribution in [3.8, 4) is 6.07 Å². The zero-order chi connectivity index (χ0) is 12.5. The van der Waals surface area contributed by atoms with E-state index >= 15 is 0 Å². The lowest BCUT2D eigenvalue weighted by Crippen LogP contribution is -2.16. The van der Waals surface area contributed by atoms with Crippen molar-refractivity contribution >= 4 is 11.0 Å². The third kappa shape index (κ3) is 1.78. The molecular weight excluding hydrogens is 222 g/mol. The lowest BCUT2D eigenvalue weighted by molar-refractivity contribution is 0.306. The number of nitrogens with zero attached hydrogens (tertiary/aromatic N) is 3. The van der Waals surface area contributed by atoms with E-state index in [4.69, 9.17) is 10.2 Å². The highest BCUT2D eigenvalue weighted by molar-refractivity contribution is 5.77. The third-order valence-corrected chi connectivity index (χ3v) is 3.97. The molecule has 0 spiro atoms. The highest BCUT2D eigenvalue weighted by Gasteiger charge is 2.21. The van der Waals surface area contributed by atoms with Gasteiger partial charge in [0, 0.05) is 13.0 Å². The number of hydrogen-bond acceptors (Lipinski definition) is 2. The molecule has 92 valence electrons. The summed E-state index contributed by atoms with van der Waals surface area (Å²) in [6.07, 6.45) is 5.15. The molecule has 1 aliphatic carbocycles. The van der Waals surface area contributed by atoms with Crippen LogP contribution < -0.4 is 0 Å². The zero-order valence-electron chi connectivity index (χ0n) is 10.7. The quantitative estimate of drug-likeness (QED) is 0.824. The molecule has 0 radical (unpaired) electrons. The van der Waals surface area contributed by atoms with Gasteiger partial charge in [-0.25, -0.2) is 4.98 Å². The van der Waals surface area contributed by atoms with Gasteiger partial charge in [0.15, 0.2) is 0 Å². The molecular formula is C15H17N3. The standard InChI is InChI=1S/C15H17N3/c1-2-18-14-7-6-12(10-16)8-13(14)17-15(18)9-11-4-3-5-11/h6-8,11H,2-5,9H2,1H3. The van der Waals surface area contributed by atoms with Gasteiger partial charge in [0.05, 0.1) is 22.7 Å². The Labute approximate surface area is 107 Å². The van der Waals surface area contributed by atoms with Crippen molar-refractivity contribution in [2.45, 2.75) is 39.2 Å². The molecule has 3 heteroatoms. The van der Waals surface area contributed by atoms with Crippen LogP contribution in [0, 0.1) is 17.2 Å². The second-order valence-corrected chi connectivity index (χ2v) is 5.09. The SMILES string of the molecule is CCn1c(CC2CCC2)nc2cc(C#N)ccc21. The minimum absolute atomic E-state index is 0.693. The van der Waals surface area contributed by atoms with Crippen LogP contribution >= 0.6 is 0 Å². The van der Waals surface area contributed by atoms with Crippen molar-refractivity contribution in [2.75, 3.05) is 0 Å². The van der Waals surface area contributed by atoms with E-state index in [1.54, 1.807) is 0 Å². The number of benzene rings is 1. The van der Waals surface area contributed by atoms with E-state index in [0.717, 1.165) is 29.9 Å². The third-order valence-electron chi connectivity index (χ3n) is 3.97. The summed E-state index contributed by atoms with van der Waals surface area (Å²) in [7, 11) is 0. The molecule has 0 saturated heterocycles. The predicted molar refractivity (Wildman–Crippen MR) is 71.2 cm³/mol. The van der Waals surface area contributed by atoms with E-state index in [-0.39, 0.29) is 0 Å². The fourth-order valence-corrected chi connectivity index (χ4v) is 2.71. The van der Waals surface area contributed by atoms with Crippen molar-refractivity contribution in [2.24, 2.45) is 5.92 Å². The van der Waals surface area contributed by atoms with Crippen LogP contribution in [0.1, 0.15) is 37.6 Å². The first-order valence-corrected chi connectivity index (χ1v) is 6.71. The molecule has 0 N–H and O–H groups in total. The van der Waals surface area contributed by atoms with Crippen molar-refractivity contribution < 1.29 is 0 Å². The summed E-state index contributed by atoms with van der Waals surface area (Å²) < 4.78 is 2.29. The maximum Gasteiger partial charge on any atom is 0.110 e. The van der Waals surface area contributed by atoms with Crippen LogP contribution in [0.4, 0.5) is 0 Å². The molecule has 3 rings (SSSR count). The van der Waals surface area contributed by atoms with Gasteiger partial charge in [0.2, 0.25) is 0 Å². The van der Waals surface area contributed by atoms with Gasteiger partial charge in [-0.2, -0.15) is 5.26 Å². The van der Waals surface area contributed by atoms with E-state index < -0.39 is 0 Å². The van der Waals surface area contributed by atoms with Crippen molar-refractivity contribution in [3.63, 3.8) is 0 Å². The molecule has 0 bridgehead atoms. The van der Waals surface area contributed by atoms with Crippen LogP contribution in [0.5, 0.6) is 0 Å². The molecule has 1 aliphatic rings. The Morgan fingerprint density at radius 1 is 1.44 bits per heavy atom. The summed E-state index contributed by atoms with van der Waals surface area (Å²) >= 11 is 0. The van der Waals surface area contributed by atoms with Crippen LogP contribution in [-0.2, 0) is 13.0 Å². The van der Waals surface area contributed by atoms with Gasteiger partial charge in [-0.15, -0.1) is 0 Å².